The van der Waals surface area contributed by atoms with Crippen LogP contribution in [0.2, 0.25) is 0 Å². The molecule has 0 unspecified atom stereocenters. The second-order valence-electron chi connectivity index (χ2n) is 8.24. The summed E-state index contributed by atoms with van der Waals surface area (Å²) >= 11 is 0. The lowest BCUT2D eigenvalue weighted by molar-refractivity contribution is 0.410. The van der Waals surface area contributed by atoms with E-state index < -0.39 is 0 Å². The predicted molar refractivity (Wildman–Crippen MR) is 128 cm³/mol. The lowest BCUT2D eigenvalue weighted by Crippen LogP contribution is -2.07. The van der Waals surface area contributed by atoms with Crippen molar-refractivity contribution in [3.8, 4) is 22.6 Å². The molecule has 0 radical (unpaired) electrons. The molecule has 6 rings (SSSR count). The van der Waals surface area contributed by atoms with Gasteiger partial charge in [0.05, 0.1) is 14.2 Å². The molecule has 0 fully saturated rings. The van der Waals surface area contributed by atoms with E-state index in [0.717, 1.165) is 24.3 Å². The quantitative estimate of drug-likeness (QED) is 0.293. The van der Waals surface area contributed by atoms with E-state index in [1.54, 1.807) is 14.2 Å². The number of hydrogen-bond acceptors (Lipinski definition) is 2. The highest BCUT2D eigenvalue weighted by Crippen LogP contribution is 2.48. The Kier molecular flexibility index (Phi) is 4.07. The van der Waals surface area contributed by atoms with Crippen LogP contribution in [0.25, 0.3) is 32.7 Å². The maximum Gasteiger partial charge on any atom is 0.123 e. The van der Waals surface area contributed by atoms with Crippen LogP contribution in [0.3, 0.4) is 0 Å². The monoisotopic (exact) mass is 403 g/mol. The summed E-state index contributed by atoms with van der Waals surface area (Å²) in [6.07, 6.45) is 1.72. The van der Waals surface area contributed by atoms with E-state index in [4.69, 9.17) is 9.47 Å². The molecule has 0 N–H and O–H groups in total. The lowest BCUT2D eigenvalue weighted by atomic mass is 9.80. The van der Waals surface area contributed by atoms with Gasteiger partial charge < -0.3 is 9.47 Å². The molecule has 5 aromatic carbocycles. The molecule has 0 saturated heterocycles. The first kappa shape index (κ1) is 18.1. The summed E-state index contributed by atoms with van der Waals surface area (Å²) in [5.41, 5.74) is 7.74. The van der Waals surface area contributed by atoms with E-state index in [0.29, 0.717) is 0 Å². The van der Waals surface area contributed by atoms with E-state index in [2.05, 4.69) is 78.9 Å². The van der Waals surface area contributed by atoms with Gasteiger partial charge in [-0.15, -0.1) is 0 Å². The van der Waals surface area contributed by atoms with Crippen molar-refractivity contribution < 1.29 is 9.47 Å². The van der Waals surface area contributed by atoms with Gasteiger partial charge in [0.2, 0.25) is 0 Å². The molecule has 0 spiro atoms. The van der Waals surface area contributed by atoms with Crippen LogP contribution in [0.4, 0.5) is 0 Å². The molecule has 31 heavy (non-hydrogen) atoms. The average molecular weight is 404 g/mol. The molecule has 0 saturated carbocycles. The normalized spacial score (nSPS) is 12.6. The first-order chi connectivity index (χ1) is 15.3. The van der Waals surface area contributed by atoms with Gasteiger partial charge in [0.1, 0.15) is 11.5 Å². The minimum absolute atomic E-state index is 0.858. The Hall–Kier alpha value is -3.65. The molecule has 152 valence electrons. The molecular weight excluding hydrogens is 380 g/mol. The predicted octanol–water partition coefficient (Wildman–Crippen LogP) is 6.89. The Morgan fingerprint density at radius 2 is 1.23 bits per heavy atom. The second kappa shape index (κ2) is 6.95. The average Bonchev–Trinajstić information content (AvgIpc) is 3.23. The first-order valence-corrected chi connectivity index (χ1v) is 10.7. The third-order valence-electron chi connectivity index (χ3n) is 6.66. The Labute approximate surface area is 182 Å². The number of hydrogen-bond donors (Lipinski definition) is 0. The number of rotatable bonds is 2. The lowest BCUT2D eigenvalue weighted by Gasteiger charge is -2.27. The van der Waals surface area contributed by atoms with Crippen LogP contribution >= 0.6 is 0 Å². The van der Waals surface area contributed by atoms with Gasteiger partial charge in [0.25, 0.3) is 0 Å². The number of ether oxygens (including phenoxy) is 2. The maximum absolute atomic E-state index is 5.96. The molecule has 5 aromatic rings. The van der Waals surface area contributed by atoms with Crippen LogP contribution in [0.1, 0.15) is 22.3 Å². The van der Waals surface area contributed by atoms with E-state index in [1.165, 1.54) is 54.9 Å². The Morgan fingerprint density at radius 1 is 0.677 bits per heavy atom. The van der Waals surface area contributed by atoms with Gasteiger partial charge in [-0.1, -0.05) is 55.0 Å². The number of methoxy groups -OCH3 is 2. The van der Waals surface area contributed by atoms with Gasteiger partial charge in [-0.2, -0.15) is 23.3 Å². The van der Waals surface area contributed by atoms with Crippen LogP contribution in [-0.4, -0.2) is 14.2 Å². The highest BCUT2D eigenvalue weighted by molar-refractivity contribution is 6.09. The molecule has 0 aromatic heterocycles. The summed E-state index contributed by atoms with van der Waals surface area (Å²) in [5.74, 6) is 1.89. The topological polar surface area (TPSA) is 18.5 Å². The minimum Gasteiger partial charge on any atom is -0.496 e. The van der Waals surface area contributed by atoms with E-state index in [9.17, 15) is 0 Å². The van der Waals surface area contributed by atoms with Crippen LogP contribution < -0.4 is 9.47 Å². The summed E-state index contributed by atoms with van der Waals surface area (Å²) in [6.45, 7) is 0. The maximum atomic E-state index is 5.96. The fraction of sp³-hybridized carbons (Fsp3) is 0.138. The third kappa shape index (κ3) is 2.68. The molecule has 0 bridgehead atoms. The summed E-state index contributed by atoms with van der Waals surface area (Å²) in [4.78, 5) is 0. The van der Waals surface area contributed by atoms with Crippen LogP contribution in [0, 0.1) is 0 Å². The molecular formula is C29H23O2-. The molecule has 0 amide bonds. The third-order valence-corrected chi connectivity index (χ3v) is 6.66. The standard InChI is InChI=1S/C29H23O2/c1-30-26-16-20-8-3-5-12-22(20)28-24(26)14-18-10-7-11-19(18)15-25-27(31-2)17-21-9-4-6-13-23(21)29(25)28/h3-13,16-17H,14-15H2,1-2H3/q-1. The Morgan fingerprint density at radius 3 is 1.81 bits per heavy atom. The zero-order valence-corrected chi connectivity index (χ0v) is 17.7. The summed E-state index contributed by atoms with van der Waals surface area (Å²) in [7, 11) is 3.55. The largest absolute Gasteiger partial charge is 0.496 e. The summed E-state index contributed by atoms with van der Waals surface area (Å²) in [5, 5.41) is 4.90. The fourth-order valence-electron chi connectivity index (χ4n) is 5.24. The van der Waals surface area contributed by atoms with Gasteiger partial charge in [0.15, 0.2) is 0 Å². The van der Waals surface area contributed by atoms with Crippen molar-refractivity contribution in [1.82, 2.24) is 0 Å². The number of benzene rings is 4. The van der Waals surface area contributed by atoms with Crippen molar-refractivity contribution in [2.45, 2.75) is 12.8 Å². The van der Waals surface area contributed by atoms with Crippen molar-refractivity contribution in [1.29, 1.82) is 0 Å². The van der Waals surface area contributed by atoms with Crippen molar-refractivity contribution in [2.24, 2.45) is 0 Å². The number of fused-ring (bicyclic) bond motifs is 8. The van der Waals surface area contributed by atoms with E-state index in [-0.39, 0.29) is 0 Å². The van der Waals surface area contributed by atoms with Gasteiger partial charge in [-0.05, 0) is 56.8 Å². The highest BCUT2D eigenvalue weighted by atomic mass is 16.5. The molecule has 1 aliphatic carbocycles. The van der Waals surface area contributed by atoms with Crippen molar-refractivity contribution >= 4 is 21.5 Å². The summed E-state index contributed by atoms with van der Waals surface area (Å²) in [6, 6.07) is 28.3. The van der Waals surface area contributed by atoms with Crippen molar-refractivity contribution in [3.05, 3.63) is 101 Å². The molecule has 2 heteroatoms. The fourth-order valence-corrected chi connectivity index (χ4v) is 5.24. The van der Waals surface area contributed by atoms with Gasteiger partial charge in [-0.3, -0.25) is 0 Å². The Bertz CT molecular complexity index is 1350. The minimum atomic E-state index is 0.858. The molecule has 0 heterocycles. The SMILES string of the molecule is COc1cc2ccccc2c2c1Cc1cc[cH-]c1Cc1c(OC)cc3ccccc3c1-2. The van der Waals surface area contributed by atoms with Crippen LogP contribution in [-0.2, 0) is 12.8 Å². The Balaban J connectivity index is 1.88. The van der Waals surface area contributed by atoms with Crippen LogP contribution in [0.15, 0.2) is 78.9 Å². The highest BCUT2D eigenvalue weighted by Gasteiger charge is 2.24. The molecule has 0 aliphatic heterocycles. The molecule has 2 nitrogen and oxygen atoms in total. The first-order valence-electron chi connectivity index (χ1n) is 10.7. The molecule has 1 aliphatic rings. The second-order valence-corrected chi connectivity index (χ2v) is 8.24. The van der Waals surface area contributed by atoms with Gasteiger partial charge in [0, 0.05) is 5.56 Å². The zero-order chi connectivity index (χ0) is 20.9. The smallest absolute Gasteiger partial charge is 0.123 e. The van der Waals surface area contributed by atoms with Crippen molar-refractivity contribution in [2.75, 3.05) is 14.2 Å². The van der Waals surface area contributed by atoms with Crippen molar-refractivity contribution in [3.63, 3.8) is 0 Å². The van der Waals surface area contributed by atoms with Gasteiger partial charge in [-0.25, -0.2) is 6.07 Å². The van der Waals surface area contributed by atoms with E-state index in [1.807, 2.05) is 0 Å². The van der Waals surface area contributed by atoms with E-state index >= 15 is 0 Å². The summed E-state index contributed by atoms with van der Waals surface area (Å²) < 4.78 is 11.9. The van der Waals surface area contributed by atoms with Crippen LogP contribution in [0.5, 0.6) is 11.5 Å². The zero-order valence-electron chi connectivity index (χ0n) is 17.7. The van der Waals surface area contributed by atoms with Gasteiger partial charge >= 0.3 is 0 Å². The molecule has 0 atom stereocenters.